The third kappa shape index (κ3) is 4.24. The Morgan fingerprint density at radius 1 is 1.80 bits per heavy atom. The van der Waals surface area contributed by atoms with Gasteiger partial charge in [-0.15, -0.1) is 16.0 Å². The Morgan fingerprint density at radius 3 is 2.70 bits per heavy atom. The van der Waals surface area contributed by atoms with Crippen molar-refractivity contribution in [3.05, 3.63) is 0 Å². The first-order valence-corrected chi connectivity index (χ1v) is 5.51. The second-order valence-electron chi connectivity index (χ2n) is 1.29. The van der Waals surface area contributed by atoms with Crippen molar-refractivity contribution in [3.63, 3.8) is 0 Å². The topological polar surface area (TPSA) is 20.3 Å². The number of alkyl halides is 1. The van der Waals surface area contributed by atoms with Gasteiger partial charge in [0.05, 0.1) is 0 Å². The largest absolute Gasteiger partial charge is 0.410 e. The second kappa shape index (κ2) is 6.12. The van der Waals surface area contributed by atoms with E-state index in [2.05, 4.69) is 0 Å². The Morgan fingerprint density at radius 2 is 2.40 bits per heavy atom. The van der Waals surface area contributed by atoms with Crippen LogP contribution in [0.3, 0.4) is 0 Å². The molecule has 0 fully saturated rings. The zero-order valence-electron chi connectivity index (χ0n) is 5.34. The van der Waals surface area contributed by atoms with E-state index in [1.54, 1.807) is 6.26 Å². The Labute approximate surface area is 72.0 Å². The van der Waals surface area contributed by atoms with Crippen LogP contribution in [0.25, 0.3) is 0 Å². The lowest BCUT2D eigenvalue weighted by Gasteiger charge is -2.12. The highest BCUT2D eigenvalue weighted by molar-refractivity contribution is 8.75. The molecule has 0 heterocycles. The molecule has 2 nitrogen and oxygen atoms in total. The molecule has 0 rings (SSSR count). The van der Waals surface area contributed by atoms with Gasteiger partial charge in [-0.25, -0.2) is 9.10 Å². The average molecular weight is 204 g/mol. The van der Waals surface area contributed by atoms with E-state index >= 15 is 0 Å². The molecule has 0 aromatic carbocycles. The minimum Gasteiger partial charge on any atom is -0.247 e. The molecule has 0 saturated carbocycles. The van der Waals surface area contributed by atoms with Gasteiger partial charge in [-0.2, -0.15) is 0 Å². The van der Waals surface area contributed by atoms with E-state index in [1.807, 2.05) is 0 Å². The van der Waals surface area contributed by atoms with Crippen LogP contribution in [0.4, 0.5) is 9.18 Å². The van der Waals surface area contributed by atoms with Gasteiger partial charge in [0, 0.05) is 23.4 Å². The molecular formula is C4H7ClFNOS2. The normalized spacial score (nSPS) is 9.50. The molecule has 1 amide bonds. The van der Waals surface area contributed by atoms with Gasteiger partial charge in [0.15, 0.2) is 0 Å². The Hall–Kier alpha value is 0.390. The monoisotopic (exact) mass is 203 g/mol. The summed E-state index contributed by atoms with van der Waals surface area (Å²) in [4.78, 5) is 10.1. The van der Waals surface area contributed by atoms with Gasteiger partial charge < -0.3 is 0 Å². The third-order valence-corrected chi connectivity index (χ3v) is 2.46. The molecule has 0 aliphatic heterocycles. The first kappa shape index (κ1) is 10.4. The number of amides is 1. The van der Waals surface area contributed by atoms with Crippen LogP contribution in [-0.4, -0.2) is 29.1 Å². The zero-order chi connectivity index (χ0) is 7.98. The molecule has 10 heavy (non-hydrogen) atoms. The molecule has 0 N–H and O–H groups in total. The van der Waals surface area contributed by atoms with Crippen molar-refractivity contribution in [1.82, 2.24) is 4.31 Å². The summed E-state index contributed by atoms with van der Waals surface area (Å²) in [5.41, 5.74) is 0. The fourth-order valence-corrected chi connectivity index (χ4v) is 1.93. The number of halogens is 2. The number of carbonyl (C=O) groups excluding carboxylic acids is 1. The van der Waals surface area contributed by atoms with Crippen LogP contribution in [-0.2, 0) is 0 Å². The van der Waals surface area contributed by atoms with Crippen LogP contribution < -0.4 is 0 Å². The van der Waals surface area contributed by atoms with Crippen LogP contribution in [0.15, 0.2) is 0 Å². The standard InChI is InChI=1S/C4H7ClFNOS2/c1-9-10-7(3-2-5)4(6)8/h2-3H2,1H3. The lowest BCUT2D eigenvalue weighted by Crippen LogP contribution is -2.19. The molecule has 60 valence electrons. The summed E-state index contributed by atoms with van der Waals surface area (Å²) >= 11 is 5.29. The minimum atomic E-state index is -1.44. The van der Waals surface area contributed by atoms with Crippen molar-refractivity contribution in [3.8, 4) is 0 Å². The van der Waals surface area contributed by atoms with Crippen molar-refractivity contribution in [2.75, 3.05) is 18.7 Å². The fraction of sp³-hybridized carbons (Fsp3) is 0.750. The molecule has 0 aliphatic carbocycles. The maximum Gasteiger partial charge on any atom is 0.410 e. The molecule has 0 spiro atoms. The summed E-state index contributed by atoms with van der Waals surface area (Å²) in [6.07, 6.45) is 0.314. The van der Waals surface area contributed by atoms with Crippen LogP contribution in [0, 0.1) is 0 Å². The van der Waals surface area contributed by atoms with Crippen LogP contribution in [0.2, 0.25) is 0 Å². The summed E-state index contributed by atoms with van der Waals surface area (Å²) in [6, 6.07) is 0. The summed E-state index contributed by atoms with van der Waals surface area (Å²) in [7, 11) is 2.35. The van der Waals surface area contributed by atoms with Crippen molar-refractivity contribution >= 4 is 39.5 Å². The van der Waals surface area contributed by atoms with Crippen LogP contribution >= 0.6 is 33.4 Å². The summed E-state index contributed by atoms with van der Waals surface area (Å²) in [6.45, 7) is 0.238. The highest BCUT2D eigenvalue weighted by Gasteiger charge is 2.10. The van der Waals surface area contributed by atoms with Crippen LogP contribution in [0.5, 0.6) is 0 Å². The highest BCUT2D eigenvalue weighted by Crippen LogP contribution is 2.23. The summed E-state index contributed by atoms with van der Waals surface area (Å²) < 4.78 is 12.9. The van der Waals surface area contributed by atoms with E-state index in [4.69, 9.17) is 11.6 Å². The quantitative estimate of drug-likeness (QED) is 0.230. The molecule has 0 aromatic rings. The maximum absolute atomic E-state index is 11.9. The molecule has 0 radical (unpaired) electrons. The van der Waals surface area contributed by atoms with Crippen molar-refractivity contribution in [1.29, 1.82) is 0 Å². The van der Waals surface area contributed by atoms with E-state index in [9.17, 15) is 9.18 Å². The van der Waals surface area contributed by atoms with Crippen molar-refractivity contribution < 1.29 is 9.18 Å². The van der Waals surface area contributed by atoms with Gasteiger partial charge in [-0.05, 0) is 6.26 Å². The number of rotatable bonds is 4. The molecule has 0 bridgehead atoms. The van der Waals surface area contributed by atoms with Gasteiger partial charge >= 0.3 is 6.16 Å². The van der Waals surface area contributed by atoms with Crippen molar-refractivity contribution in [2.45, 2.75) is 0 Å². The zero-order valence-corrected chi connectivity index (χ0v) is 7.73. The third-order valence-electron chi connectivity index (χ3n) is 0.648. The lowest BCUT2D eigenvalue weighted by molar-refractivity contribution is 0.206. The molecule has 0 aliphatic rings. The molecule has 0 aromatic heterocycles. The average Bonchev–Trinajstić information content (AvgIpc) is 1.87. The predicted octanol–water partition coefficient (Wildman–Crippen LogP) is 2.54. The first-order valence-electron chi connectivity index (χ1n) is 2.46. The van der Waals surface area contributed by atoms with Gasteiger partial charge in [0.2, 0.25) is 0 Å². The van der Waals surface area contributed by atoms with E-state index in [0.29, 0.717) is 0 Å². The molecule has 0 unspecified atom stereocenters. The number of hydrogen-bond acceptors (Lipinski definition) is 3. The summed E-state index contributed by atoms with van der Waals surface area (Å²) in [5, 5.41) is 0. The Balaban J connectivity index is 3.61. The van der Waals surface area contributed by atoms with Crippen LogP contribution in [0.1, 0.15) is 0 Å². The Bertz CT molecular complexity index is 109. The SMILES string of the molecule is CSSN(CCCl)C(=O)F. The summed E-state index contributed by atoms with van der Waals surface area (Å²) in [5.74, 6) is 0.253. The predicted molar refractivity (Wildman–Crippen MR) is 45.0 cm³/mol. The van der Waals surface area contributed by atoms with Gasteiger partial charge in [0.25, 0.3) is 0 Å². The molecule has 0 saturated heterocycles. The van der Waals surface area contributed by atoms with E-state index in [-0.39, 0.29) is 12.4 Å². The van der Waals surface area contributed by atoms with E-state index in [1.165, 1.54) is 10.8 Å². The highest BCUT2D eigenvalue weighted by atomic mass is 35.5. The number of carbonyl (C=O) groups is 1. The minimum absolute atomic E-state index is 0.238. The maximum atomic E-state index is 11.9. The lowest BCUT2D eigenvalue weighted by atomic mass is 10.7. The van der Waals surface area contributed by atoms with Gasteiger partial charge in [0.1, 0.15) is 0 Å². The molecule has 0 atom stereocenters. The Kier molecular flexibility index (Phi) is 6.36. The second-order valence-corrected chi connectivity index (χ2v) is 4.03. The number of hydrogen-bond donors (Lipinski definition) is 0. The molecular weight excluding hydrogens is 197 g/mol. The molecule has 6 heteroatoms. The fourth-order valence-electron chi connectivity index (χ4n) is 0.321. The van der Waals surface area contributed by atoms with Crippen molar-refractivity contribution in [2.24, 2.45) is 0 Å². The smallest absolute Gasteiger partial charge is 0.247 e. The first-order chi connectivity index (χ1) is 4.72. The van der Waals surface area contributed by atoms with E-state index in [0.717, 1.165) is 15.3 Å². The number of nitrogens with zero attached hydrogens (tertiary/aromatic N) is 1. The van der Waals surface area contributed by atoms with E-state index < -0.39 is 6.16 Å². The van der Waals surface area contributed by atoms with Gasteiger partial charge in [-0.3, -0.25) is 0 Å². The van der Waals surface area contributed by atoms with Gasteiger partial charge in [-0.1, -0.05) is 10.8 Å².